The second-order valence-corrected chi connectivity index (χ2v) is 5.09. The van der Waals surface area contributed by atoms with Gasteiger partial charge in [0.15, 0.2) is 0 Å². The van der Waals surface area contributed by atoms with Gasteiger partial charge in [-0.05, 0) is 26.2 Å². The molecule has 0 rings (SSSR count). The van der Waals surface area contributed by atoms with Gasteiger partial charge in [0.25, 0.3) is 0 Å². The fraction of sp³-hybridized carbons (Fsp3) is 0.846. The van der Waals surface area contributed by atoms with Gasteiger partial charge < -0.3 is 16.2 Å². The molecule has 0 spiro atoms. The Morgan fingerprint density at radius 2 is 1.67 bits per heavy atom. The number of carboxylic acid groups (broad SMARTS) is 1. The third-order valence-electron chi connectivity index (χ3n) is 4.17. The second-order valence-electron chi connectivity index (χ2n) is 5.09. The monoisotopic (exact) mass is 258 g/mol. The van der Waals surface area contributed by atoms with E-state index in [9.17, 15) is 14.7 Å². The van der Waals surface area contributed by atoms with E-state index in [0.717, 1.165) is 0 Å². The van der Waals surface area contributed by atoms with E-state index in [2.05, 4.69) is 5.32 Å². The Bertz CT molecular complexity index is 295. The molecule has 1 amide bonds. The molecule has 0 saturated heterocycles. The average Bonchev–Trinajstić information content (AvgIpc) is 2.38. The summed E-state index contributed by atoms with van der Waals surface area (Å²) >= 11 is 0. The summed E-state index contributed by atoms with van der Waals surface area (Å²) in [7, 11) is 0. The molecule has 0 aliphatic heterocycles. The van der Waals surface area contributed by atoms with Crippen LogP contribution in [0.4, 0.5) is 0 Å². The third kappa shape index (κ3) is 3.45. The third-order valence-corrected chi connectivity index (χ3v) is 4.17. The number of nitrogens with two attached hydrogens (primary N) is 1. The van der Waals surface area contributed by atoms with E-state index in [4.69, 9.17) is 5.73 Å². The van der Waals surface area contributed by atoms with Gasteiger partial charge in [-0.25, -0.2) is 0 Å². The molecule has 0 bridgehead atoms. The molecule has 1 unspecified atom stereocenters. The lowest BCUT2D eigenvalue weighted by atomic mass is 9.81. The number of hydrogen-bond acceptors (Lipinski definition) is 3. The predicted octanol–water partition coefficient (Wildman–Crippen LogP) is 1.37. The summed E-state index contributed by atoms with van der Waals surface area (Å²) in [6, 6.07) is 0. The van der Waals surface area contributed by atoms with Crippen molar-refractivity contribution in [3.8, 4) is 0 Å². The molecule has 18 heavy (non-hydrogen) atoms. The van der Waals surface area contributed by atoms with Crippen molar-refractivity contribution in [2.75, 3.05) is 13.1 Å². The molecule has 0 aliphatic carbocycles. The normalized spacial score (nSPS) is 14.9. The largest absolute Gasteiger partial charge is 0.481 e. The van der Waals surface area contributed by atoms with Gasteiger partial charge in [0.2, 0.25) is 5.91 Å². The van der Waals surface area contributed by atoms with Crippen molar-refractivity contribution in [1.82, 2.24) is 5.32 Å². The van der Waals surface area contributed by atoms with E-state index in [1.165, 1.54) is 0 Å². The lowest BCUT2D eigenvalue weighted by Gasteiger charge is -2.30. The van der Waals surface area contributed by atoms with Crippen LogP contribution in [0.1, 0.15) is 47.0 Å². The van der Waals surface area contributed by atoms with Gasteiger partial charge in [-0.3, -0.25) is 9.59 Å². The predicted molar refractivity (Wildman–Crippen MR) is 71.1 cm³/mol. The molecule has 0 aromatic heterocycles. The smallest absolute Gasteiger partial charge is 0.311 e. The van der Waals surface area contributed by atoms with E-state index < -0.39 is 16.8 Å². The van der Waals surface area contributed by atoms with Crippen LogP contribution in [0, 0.1) is 10.8 Å². The molecule has 5 nitrogen and oxygen atoms in total. The zero-order chi connectivity index (χ0) is 14.4. The maximum absolute atomic E-state index is 12.0. The maximum Gasteiger partial charge on any atom is 0.311 e. The van der Waals surface area contributed by atoms with Crippen molar-refractivity contribution in [3.63, 3.8) is 0 Å². The van der Waals surface area contributed by atoms with Crippen molar-refractivity contribution in [2.24, 2.45) is 16.6 Å². The average molecular weight is 258 g/mol. The molecule has 0 fully saturated rings. The highest BCUT2D eigenvalue weighted by molar-refractivity contribution is 5.83. The van der Waals surface area contributed by atoms with Crippen molar-refractivity contribution in [2.45, 2.75) is 47.0 Å². The molecule has 0 aromatic rings. The highest BCUT2D eigenvalue weighted by Crippen LogP contribution is 2.27. The zero-order valence-electron chi connectivity index (χ0n) is 11.9. The Morgan fingerprint density at radius 1 is 1.17 bits per heavy atom. The van der Waals surface area contributed by atoms with Crippen LogP contribution in [-0.4, -0.2) is 30.1 Å². The summed E-state index contributed by atoms with van der Waals surface area (Å²) in [6.07, 6.45) is 1.61. The molecule has 5 heteroatoms. The van der Waals surface area contributed by atoms with Gasteiger partial charge in [0, 0.05) is 13.1 Å². The fourth-order valence-electron chi connectivity index (χ4n) is 1.74. The second kappa shape index (κ2) is 6.73. The number of amides is 1. The van der Waals surface area contributed by atoms with Gasteiger partial charge in [-0.2, -0.15) is 0 Å². The van der Waals surface area contributed by atoms with Crippen LogP contribution in [0.15, 0.2) is 0 Å². The lowest BCUT2D eigenvalue weighted by molar-refractivity contribution is -0.149. The van der Waals surface area contributed by atoms with Crippen LogP contribution in [0.3, 0.4) is 0 Å². The molecule has 0 radical (unpaired) electrons. The summed E-state index contributed by atoms with van der Waals surface area (Å²) in [4.78, 5) is 23.4. The van der Waals surface area contributed by atoms with Crippen LogP contribution in [0.2, 0.25) is 0 Å². The highest BCUT2D eigenvalue weighted by atomic mass is 16.4. The molecular weight excluding hydrogens is 232 g/mol. The topological polar surface area (TPSA) is 92.4 Å². The van der Waals surface area contributed by atoms with Crippen LogP contribution < -0.4 is 11.1 Å². The van der Waals surface area contributed by atoms with Crippen molar-refractivity contribution >= 4 is 11.9 Å². The first-order valence-corrected chi connectivity index (χ1v) is 6.53. The molecule has 0 heterocycles. The number of nitrogens with one attached hydrogen (secondary N) is 1. The quantitative estimate of drug-likeness (QED) is 0.613. The first-order valence-electron chi connectivity index (χ1n) is 6.53. The van der Waals surface area contributed by atoms with Crippen LogP contribution >= 0.6 is 0 Å². The van der Waals surface area contributed by atoms with Gasteiger partial charge in [-0.1, -0.05) is 20.8 Å². The molecular formula is C13H26N2O3. The maximum atomic E-state index is 12.0. The first-order chi connectivity index (χ1) is 8.31. The molecule has 0 aromatic carbocycles. The number of carbonyl (C=O) groups excluding carboxylic acids is 1. The summed E-state index contributed by atoms with van der Waals surface area (Å²) in [5, 5.41) is 12.0. The van der Waals surface area contributed by atoms with Gasteiger partial charge in [0.1, 0.15) is 0 Å². The first kappa shape index (κ1) is 16.9. The molecule has 0 aliphatic rings. The Hall–Kier alpha value is -1.10. The zero-order valence-corrected chi connectivity index (χ0v) is 11.9. The van der Waals surface area contributed by atoms with E-state index in [1.807, 2.05) is 20.8 Å². The summed E-state index contributed by atoms with van der Waals surface area (Å²) in [5.41, 5.74) is 4.11. The minimum atomic E-state index is -0.876. The highest BCUT2D eigenvalue weighted by Gasteiger charge is 2.37. The van der Waals surface area contributed by atoms with Crippen LogP contribution in [0.25, 0.3) is 0 Å². The van der Waals surface area contributed by atoms with E-state index in [-0.39, 0.29) is 19.0 Å². The minimum Gasteiger partial charge on any atom is -0.481 e. The van der Waals surface area contributed by atoms with Crippen LogP contribution in [0.5, 0.6) is 0 Å². The number of carbonyl (C=O) groups is 2. The molecule has 1 atom stereocenters. The summed E-state index contributed by atoms with van der Waals surface area (Å²) in [6.45, 7) is 7.76. The van der Waals surface area contributed by atoms with Crippen molar-refractivity contribution in [1.29, 1.82) is 0 Å². The van der Waals surface area contributed by atoms with E-state index in [0.29, 0.717) is 19.3 Å². The molecule has 106 valence electrons. The van der Waals surface area contributed by atoms with E-state index in [1.54, 1.807) is 6.92 Å². The Morgan fingerprint density at radius 3 is 1.94 bits per heavy atom. The van der Waals surface area contributed by atoms with Crippen LogP contribution in [-0.2, 0) is 9.59 Å². The van der Waals surface area contributed by atoms with Gasteiger partial charge in [0.05, 0.1) is 10.8 Å². The number of rotatable bonds is 8. The standard InChI is InChI=1S/C13H26N2O3/c1-5-12(4,8-14)10(16)15-9-13(6-2,7-3)11(17)18/h5-9,14H2,1-4H3,(H,15,16)(H,17,18). The summed E-state index contributed by atoms with van der Waals surface area (Å²) in [5.74, 6) is -1.03. The van der Waals surface area contributed by atoms with E-state index >= 15 is 0 Å². The number of hydrogen-bond donors (Lipinski definition) is 3. The number of aliphatic carboxylic acids is 1. The summed E-state index contributed by atoms with van der Waals surface area (Å²) < 4.78 is 0. The SMILES string of the molecule is CCC(C)(CN)C(=O)NCC(CC)(CC)C(=O)O. The fourth-order valence-corrected chi connectivity index (χ4v) is 1.74. The Balaban J connectivity index is 4.74. The van der Waals surface area contributed by atoms with Crippen molar-refractivity contribution < 1.29 is 14.7 Å². The molecule has 4 N–H and O–H groups in total. The minimum absolute atomic E-state index is 0.157. The van der Waals surface area contributed by atoms with Crippen molar-refractivity contribution in [3.05, 3.63) is 0 Å². The number of carboxylic acids is 1. The van der Waals surface area contributed by atoms with Gasteiger partial charge >= 0.3 is 5.97 Å². The Kier molecular flexibility index (Phi) is 6.32. The van der Waals surface area contributed by atoms with Gasteiger partial charge in [-0.15, -0.1) is 0 Å². The Labute approximate surface area is 109 Å². The molecule has 0 saturated carbocycles. The lowest BCUT2D eigenvalue weighted by Crippen LogP contribution is -2.49.